The van der Waals surface area contributed by atoms with Crippen LogP contribution in [0.1, 0.15) is 16.1 Å². The van der Waals surface area contributed by atoms with Crippen molar-refractivity contribution in [3.63, 3.8) is 0 Å². The lowest BCUT2D eigenvalue weighted by molar-refractivity contribution is 0.0948. The van der Waals surface area contributed by atoms with Gasteiger partial charge in [0.1, 0.15) is 5.76 Å². The number of sulfone groups is 1. The zero-order valence-corrected chi connectivity index (χ0v) is 12.2. The van der Waals surface area contributed by atoms with Crippen molar-refractivity contribution >= 4 is 27.3 Å². The molecule has 0 atom stereocenters. The summed E-state index contributed by atoms with van der Waals surface area (Å²) in [7, 11) is -3.48. The molecule has 0 unspecified atom stereocenters. The average molecular weight is 314 g/mol. The lowest BCUT2D eigenvalue weighted by atomic mass is 10.2. The van der Waals surface area contributed by atoms with Gasteiger partial charge < -0.3 is 9.73 Å². The highest BCUT2D eigenvalue weighted by molar-refractivity contribution is 7.90. The van der Waals surface area contributed by atoms with Gasteiger partial charge in [-0.1, -0.05) is 11.6 Å². The molecule has 1 aromatic heterocycles. The number of carbonyl (C=O) groups is 1. The number of hydrogen-bond acceptors (Lipinski definition) is 4. The van der Waals surface area contributed by atoms with Crippen LogP contribution >= 0.6 is 11.6 Å². The summed E-state index contributed by atoms with van der Waals surface area (Å²) >= 11 is 5.82. The van der Waals surface area contributed by atoms with Crippen LogP contribution in [0.3, 0.4) is 0 Å². The molecule has 0 aliphatic rings. The average Bonchev–Trinajstić information content (AvgIpc) is 2.88. The van der Waals surface area contributed by atoms with Crippen LogP contribution < -0.4 is 5.32 Å². The summed E-state index contributed by atoms with van der Waals surface area (Å²) < 4.78 is 28.2. The van der Waals surface area contributed by atoms with Gasteiger partial charge in [0.05, 0.1) is 22.7 Å². The van der Waals surface area contributed by atoms with Crippen molar-refractivity contribution in [2.24, 2.45) is 0 Å². The van der Waals surface area contributed by atoms with Crippen LogP contribution in [0.4, 0.5) is 0 Å². The summed E-state index contributed by atoms with van der Waals surface area (Å²) in [6, 6.07) is 7.55. The van der Waals surface area contributed by atoms with Gasteiger partial charge in [0.2, 0.25) is 0 Å². The van der Waals surface area contributed by atoms with Crippen LogP contribution in [0, 0.1) is 0 Å². The molecule has 1 amide bonds. The van der Waals surface area contributed by atoms with Gasteiger partial charge in [-0.3, -0.25) is 4.79 Å². The Morgan fingerprint density at radius 2 is 2.10 bits per heavy atom. The van der Waals surface area contributed by atoms with Gasteiger partial charge in [0, 0.05) is 11.8 Å². The van der Waals surface area contributed by atoms with E-state index in [-0.39, 0.29) is 22.0 Å². The Hall–Kier alpha value is -1.79. The molecular weight excluding hydrogens is 302 g/mol. The highest BCUT2D eigenvalue weighted by atomic mass is 35.5. The molecule has 1 aromatic carbocycles. The first-order valence-corrected chi connectivity index (χ1v) is 7.95. The Balaban J connectivity index is 2.18. The first-order chi connectivity index (χ1) is 9.38. The molecule has 2 rings (SSSR count). The summed E-state index contributed by atoms with van der Waals surface area (Å²) in [5.41, 5.74) is 0.224. The maximum absolute atomic E-state index is 11.9. The topological polar surface area (TPSA) is 76.4 Å². The van der Waals surface area contributed by atoms with E-state index >= 15 is 0 Å². The SMILES string of the molecule is CS(=O)(=O)c1cc(C(=O)NCc2ccco2)ccc1Cl. The van der Waals surface area contributed by atoms with Gasteiger partial charge >= 0.3 is 0 Å². The Bertz CT molecular complexity index is 723. The monoisotopic (exact) mass is 313 g/mol. The Labute approximate surface area is 121 Å². The molecule has 0 radical (unpaired) electrons. The number of nitrogens with one attached hydrogen (secondary N) is 1. The van der Waals surface area contributed by atoms with E-state index < -0.39 is 15.7 Å². The van der Waals surface area contributed by atoms with Crippen molar-refractivity contribution in [2.75, 3.05) is 6.26 Å². The third-order valence-corrected chi connectivity index (χ3v) is 4.17. The molecule has 0 saturated heterocycles. The van der Waals surface area contributed by atoms with E-state index in [1.807, 2.05) is 0 Å². The van der Waals surface area contributed by atoms with Crippen LogP contribution in [-0.4, -0.2) is 20.6 Å². The molecule has 0 aliphatic carbocycles. The van der Waals surface area contributed by atoms with E-state index in [9.17, 15) is 13.2 Å². The molecule has 106 valence electrons. The Morgan fingerprint density at radius 3 is 2.70 bits per heavy atom. The summed E-state index contributed by atoms with van der Waals surface area (Å²) in [6.07, 6.45) is 2.55. The third-order valence-electron chi connectivity index (χ3n) is 2.60. The van der Waals surface area contributed by atoms with E-state index in [0.717, 1.165) is 6.26 Å². The van der Waals surface area contributed by atoms with Crippen molar-refractivity contribution in [2.45, 2.75) is 11.4 Å². The molecule has 20 heavy (non-hydrogen) atoms. The van der Waals surface area contributed by atoms with Crippen molar-refractivity contribution in [3.05, 3.63) is 52.9 Å². The van der Waals surface area contributed by atoms with Gasteiger partial charge in [-0.25, -0.2) is 8.42 Å². The highest BCUT2D eigenvalue weighted by Gasteiger charge is 2.15. The quantitative estimate of drug-likeness (QED) is 0.939. The maximum atomic E-state index is 11.9. The van der Waals surface area contributed by atoms with Crippen molar-refractivity contribution in [3.8, 4) is 0 Å². The zero-order valence-electron chi connectivity index (χ0n) is 10.6. The van der Waals surface area contributed by atoms with Crippen LogP contribution in [0.15, 0.2) is 45.9 Å². The number of hydrogen-bond donors (Lipinski definition) is 1. The summed E-state index contributed by atoms with van der Waals surface area (Å²) in [5, 5.41) is 2.72. The Morgan fingerprint density at radius 1 is 1.35 bits per heavy atom. The zero-order chi connectivity index (χ0) is 14.8. The van der Waals surface area contributed by atoms with Gasteiger partial charge in [-0.2, -0.15) is 0 Å². The van der Waals surface area contributed by atoms with E-state index in [4.69, 9.17) is 16.0 Å². The highest BCUT2D eigenvalue weighted by Crippen LogP contribution is 2.22. The van der Waals surface area contributed by atoms with Crippen LogP contribution in [0.2, 0.25) is 5.02 Å². The van der Waals surface area contributed by atoms with Gasteiger partial charge in [0.25, 0.3) is 5.91 Å². The lowest BCUT2D eigenvalue weighted by Crippen LogP contribution is -2.22. The summed E-state index contributed by atoms with van der Waals surface area (Å²) in [4.78, 5) is 11.9. The molecule has 5 nitrogen and oxygen atoms in total. The van der Waals surface area contributed by atoms with E-state index in [1.54, 1.807) is 12.1 Å². The maximum Gasteiger partial charge on any atom is 0.251 e. The van der Waals surface area contributed by atoms with Crippen molar-refractivity contribution in [1.29, 1.82) is 0 Å². The van der Waals surface area contributed by atoms with Crippen LogP contribution in [0.25, 0.3) is 0 Å². The van der Waals surface area contributed by atoms with E-state index in [2.05, 4.69) is 5.32 Å². The molecule has 0 bridgehead atoms. The van der Waals surface area contributed by atoms with E-state index in [0.29, 0.717) is 5.76 Å². The van der Waals surface area contributed by atoms with Gasteiger partial charge in [0.15, 0.2) is 9.84 Å². The minimum absolute atomic E-state index is 0.0650. The normalized spacial score (nSPS) is 11.3. The molecule has 0 aliphatic heterocycles. The second-order valence-electron chi connectivity index (χ2n) is 4.18. The largest absolute Gasteiger partial charge is 0.467 e. The third kappa shape index (κ3) is 3.40. The number of amides is 1. The molecule has 1 N–H and O–H groups in total. The predicted octanol–water partition coefficient (Wildman–Crippen LogP) is 2.27. The number of benzene rings is 1. The second kappa shape index (κ2) is 5.68. The molecule has 7 heteroatoms. The van der Waals surface area contributed by atoms with Gasteiger partial charge in [-0.15, -0.1) is 0 Å². The smallest absolute Gasteiger partial charge is 0.251 e. The minimum Gasteiger partial charge on any atom is -0.467 e. The first kappa shape index (κ1) is 14.6. The minimum atomic E-state index is -3.48. The first-order valence-electron chi connectivity index (χ1n) is 5.68. The number of halogens is 1. The van der Waals surface area contributed by atoms with Crippen LogP contribution in [0.5, 0.6) is 0 Å². The van der Waals surface area contributed by atoms with Crippen LogP contribution in [-0.2, 0) is 16.4 Å². The molecular formula is C13H12ClNO4S. The Kier molecular flexibility index (Phi) is 4.15. The van der Waals surface area contributed by atoms with Crippen molar-refractivity contribution < 1.29 is 17.6 Å². The van der Waals surface area contributed by atoms with Gasteiger partial charge in [-0.05, 0) is 30.3 Å². The molecule has 0 spiro atoms. The molecule has 2 aromatic rings. The lowest BCUT2D eigenvalue weighted by Gasteiger charge is -2.06. The fraction of sp³-hybridized carbons (Fsp3) is 0.154. The second-order valence-corrected chi connectivity index (χ2v) is 6.57. The molecule has 0 fully saturated rings. The van der Waals surface area contributed by atoms with Crippen molar-refractivity contribution in [1.82, 2.24) is 5.32 Å². The molecule has 1 heterocycles. The number of furan rings is 1. The fourth-order valence-corrected chi connectivity index (χ4v) is 2.91. The number of carbonyl (C=O) groups excluding carboxylic acids is 1. The summed E-state index contributed by atoms with van der Waals surface area (Å²) in [5.74, 6) is 0.207. The molecule has 0 saturated carbocycles. The standard InChI is InChI=1S/C13H12ClNO4S/c1-20(17,18)12-7-9(4-5-11(12)14)13(16)15-8-10-3-2-6-19-10/h2-7H,8H2,1H3,(H,15,16). The number of rotatable bonds is 4. The van der Waals surface area contributed by atoms with E-state index in [1.165, 1.54) is 24.5 Å². The fourth-order valence-electron chi connectivity index (χ4n) is 1.61. The summed E-state index contributed by atoms with van der Waals surface area (Å²) in [6.45, 7) is 0.225. The predicted molar refractivity (Wildman–Crippen MR) is 74.4 cm³/mol.